The van der Waals surface area contributed by atoms with Gasteiger partial charge >= 0.3 is 11.9 Å². The second-order valence-corrected chi connectivity index (χ2v) is 7.59. The zero-order valence-corrected chi connectivity index (χ0v) is 23.3. The van der Waals surface area contributed by atoms with Gasteiger partial charge in [0, 0.05) is 0 Å². The fraction of sp³-hybridized carbons (Fsp3) is 0.920. The van der Waals surface area contributed by atoms with Crippen LogP contribution in [0.15, 0.2) is 0 Å². The topological polar surface area (TPSA) is 156 Å². The first-order chi connectivity index (χ1) is 19.2. The number of carbonyl (C=O) groups excluding carboxylic acids is 1. The highest BCUT2D eigenvalue weighted by atomic mass is 16.6. The molecule has 0 rings (SSSR count). The molecule has 0 amide bonds. The van der Waals surface area contributed by atoms with Crippen molar-refractivity contribution in [2.75, 3.05) is 139 Å². The van der Waals surface area contributed by atoms with Crippen LogP contribution in [-0.2, 0) is 61.7 Å². The number of hydrogen-bond acceptors (Lipinski definition) is 13. The molecule has 1 N–H and O–H groups in total. The molecule has 14 heteroatoms. The predicted octanol–water partition coefficient (Wildman–Crippen LogP) is 0.190. The van der Waals surface area contributed by atoms with E-state index in [1.807, 2.05) is 0 Å². The Labute approximate surface area is 231 Å². The molecule has 0 aromatic heterocycles. The molecule has 0 aromatic carbocycles. The van der Waals surface area contributed by atoms with Gasteiger partial charge in [-0.15, -0.1) is 0 Å². The molecule has 0 aliphatic carbocycles. The summed E-state index contributed by atoms with van der Waals surface area (Å²) in [6, 6.07) is 0. The van der Waals surface area contributed by atoms with Gasteiger partial charge in [-0.1, -0.05) is 0 Å². The smallest absolute Gasteiger partial charge is 0.307 e. The summed E-state index contributed by atoms with van der Waals surface area (Å²) in [7, 11) is 1.35. The Morgan fingerprint density at radius 1 is 0.385 bits per heavy atom. The second kappa shape index (κ2) is 32.8. The molecule has 0 atom stereocenters. The van der Waals surface area contributed by atoms with E-state index in [1.165, 1.54) is 7.11 Å². The number of ether oxygens (including phenoxy) is 11. The Hall–Kier alpha value is -1.46. The Morgan fingerprint density at radius 3 is 0.795 bits per heavy atom. The number of esters is 1. The average molecular weight is 573 g/mol. The van der Waals surface area contributed by atoms with E-state index in [1.54, 1.807) is 0 Å². The predicted molar refractivity (Wildman–Crippen MR) is 137 cm³/mol. The summed E-state index contributed by atoms with van der Waals surface area (Å²) in [5.74, 6) is -1.17. The SMILES string of the molecule is COC(=O)CCOCCOCCOCCOCCOCCOCCOCCOCCOCCOCCC(=O)O. The summed E-state index contributed by atoms with van der Waals surface area (Å²) >= 11 is 0. The highest BCUT2D eigenvalue weighted by Crippen LogP contribution is 1.89. The Balaban J connectivity index is 3.05. The summed E-state index contributed by atoms with van der Waals surface area (Å²) in [4.78, 5) is 21.2. The van der Waals surface area contributed by atoms with Crippen LogP contribution in [0.2, 0.25) is 0 Å². The van der Waals surface area contributed by atoms with Gasteiger partial charge in [-0.05, 0) is 0 Å². The molecule has 232 valence electrons. The molecule has 0 heterocycles. The Morgan fingerprint density at radius 2 is 0.590 bits per heavy atom. The molecule has 0 unspecified atom stereocenters. The lowest BCUT2D eigenvalue weighted by Crippen LogP contribution is -2.15. The monoisotopic (exact) mass is 572 g/mol. The van der Waals surface area contributed by atoms with Crippen molar-refractivity contribution >= 4 is 11.9 Å². The first kappa shape index (κ1) is 37.5. The molecule has 0 saturated carbocycles. The summed E-state index contributed by atoms with van der Waals surface area (Å²) in [5, 5.41) is 8.47. The maximum Gasteiger partial charge on any atom is 0.307 e. The third-order valence-corrected chi connectivity index (χ3v) is 4.49. The molecule has 0 saturated heterocycles. The van der Waals surface area contributed by atoms with Crippen LogP contribution in [0.5, 0.6) is 0 Å². The molecule has 0 spiro atoms. The zero-order valence-electron chi connectivity index (χ0n) is 23.3. The van der Waals surface area contributed by atoms with E-state index < -0.39 is 5.97 Å². The lowest BCUT2D eigenvalue weighted by atomic mass is 10.5. The zero-order chi connectivity index (χ0) is 28.5. The largest absolute Gasteiger partial charge is 0.481 e. The van der Waals surface area contributed by atoms with E-state index >= 15 is 0 Å². The van der Waals surface area contributed by atoms with E-state index in [0.29, 0.717) is 126 Å². The van der Waals surface area contributed by atoms with Gasteiger partial charge in [0.2, 0.25) is 0 Å². The summed E-state index contributed by atoms with van der Waals surface area (Å²) in [6.45, 7) is 8.79. The minimum atomic E-state index is -0.877. The lowest BCUT2D eigenvalue weighted by molar-refractivity contribution is -0.142. The number of aliphatic carboxylic acids is 1. The maximum absolute atomic E-state index is 10.9. The normalized spacial score (nSPS) is 11.2. The van der Waals surface area contributed by atoms with Crippen LogP contribution in [0.25, 0.3) is 0 Å². The Bertz CT molecular complexity index is 523. The quantitative estimate of drug-likeness (QED) is 0.0840. The first-order valence-electron chi connectivity index (χ1n) is 13.2. The molecular formula is C25H48O14. The molecule has 0 radical (unpaired) electrons. The summed E-state index contributed by atoms with van der Waals surface area (Å²) < 4.78 is 58.0. The maximum atomic E-state index is 10.9. The van der Waals surface area contributed by atoms with Crippen LogP contribution >= 0.6 is 0 Å². The lowest BCUT2D eigenvalue weighted by Gasteiger charge is -2.09. The Kier molecular flexibility index (Phi) is 31.5. The molecule has 14 nitrogen and oxygen atoms in total. The van der Waals surface area contributed by atoms with Crippen molar-refractivity contribution in [2.24, 2.45) is 0 Å². The van der Waals surface area contributed by atoms with E-state index in [9.17, 15) is 9.59 Å². The molecular weight excluding hydrogens is 524 g/mol. The van der Waals surface area contributed by atoms with Gasteiger partial charge in [0.1, 0.15) is 0 Å². The first-order valence-corrected chi connectivity index (χ1v) is 13.2. The van der Waals surface area contributed by atoms with Gasteiger partial charge < -0.3 is 57.2 Å². The van der Waals surface area contributed by atoms with Gasteiger partial charge in [-0.3, -0.25) is 9.59 Å². The molecule has 0 fully saturated rings. The van der Waals surface area contributed by atoms with Crippen LogP contribution < -0.4 is 0 Å². The van der Waals surface area contributed by atoms with Crippen molar-refractivity contribution in [2.45, 2.75) is 12.8 Å². The number of hydrogen-bond donors (Lipinski definition) is 1. The molecule has 0 aromatic rings. The van der Waals surface area contributed by atoms with E-state index in [2.05, 4.69) is 4.74 Å². The van der Waals surface area contributed by atoms with Crippen LogP contribution in [0.3, 0.4) is 0 Å². The van der Waals surface area contributed by atoms with Crippen LogP contribution in [-0.4, -0.2) is 156 Å². The molecule has 0 aliphatic rings. The fourth-order valence-corrected chi connectivity index (χ4v) is 2.50. The molecule has 0 bridgehead atoms. The number of carboxylic acids is 1. The number of methoxy groups -OCH3 is 1. The molecule has 0 aliphatic heterocycles. The van der Waals surface area contributed by atoms with Crippen molar-refractivity contribution in [3.05, 3.63) is 0 Å². The average Bonchev–Trinajstić information content (AvgIpc) is 2.93. The second-order valence-electron chi connectivity index (χ2n) is 7.59. The standard InChI is InChI=1S/C25H48O14/c1-29-25(28)3-5-31-7-9-33-11-13-35-15-17-37-19-21-39-23-22-38-20-18-36-16-14-34-12-10-32-8-6-30-4-2-24(26)27/h2-23H2,1H3,(H,26,27). The fourth-order valence-electron chi connectivity index (χ4n) is 2.50. The minimum Gasteiger partial charge on any atom is -0.481 e. The van der Waals surface area contributed by atoms with Crippen molar-refractivity contribution in [1.29, 1.82) is 0 Å². The third-order valence-electron chi connectivity index (χ3n) is 4.49. The van der Waals surface area contributed by atoms with Crippen LogP contribution in [0.1, 0.15) is 12.8 Å². The van der Waals surface area contributed by atoms with Gasteiger partial charge in [0.05, 0.1) is 152 Å². The van der Waals surface area contributed by atoms with E-state index in [4.69, 9.17) is 52.5 Å². The van der Waals surface area contributed by atoms with E-state index in [0.717, 1.165) is 0 Å². The van der Waals surface area contributed by atoms with Gasteiger partial charge in [0.25, 0.3) is 0 Å². The van der Waals surface area contributed by atoms with Crippen LogP contribution in [0, 0.1) is 0 Å². The minimum absolute atomic E-state index is 0.00422. The molecule has 39 heavy (non-hydrogen) atoms. The third kappa shape index (κ3) is 34.5. The highest BCUT2D eigenvalue weighted by molar-refractivity contribution is 5.69. The summed E-state index contributed by atoms with van der Waals surface area (Å²) in [6.07, 6.45) is 0.236. The number of rotatable bonds is 33. The van der Waals surface area contributed by atoms with E-state index in [-0.39, 0.29) is 25.4 Å². The van der Waals surface area contributed by atoms with Crippen molar-refractivity contribution in [1.82, 2.24) is 0 Å². The van der Waals surface area contributed by atoms with Crippen molar-refractivity contribution < 1.29 is 66.8 Å². The van der Waals surface area contributed by atoms with Crippen LogP contribution in [0.4, 0.5) is 0 Å². The van der Waals surface area contributed by atoms with Crippen molar-refractivity contribution in [3.63, 3.8) is 0 Å². The summed E-state index contributed by atoms with van der Waals surface area (Å²) in [5.41, 5.74) is 0. The highest BCUT2D eigenvalue weighted by Gasteiger charge is 2.00. The van der Waals surface area contributed by atoms with Crippen molar-refractivity contribution in [3.8, 4) is 0 Å². The number of carbonyl (C=O) groups is 2. The van der Waals surface area contributed by atoms with Gasteiger partial charge in [-0.2, -0.15) is 0 Å². The number of carboxylic acid groups (broad SMARTS) is 1. The van der Waals surface area contributed by atoms with Gasteiger partial charge in [-0.25, -0.2) is 0 Å². The van der Waals surface area contributed by atoms with Gasteiger partial charge in [0.15, 0.2) is 0 Å².